The molecule has 0 aromatic heterocycles. The lowest BCUT2D eigenvalue weighted by molar-refractivity contribution is -0.145. The molecule has 2 aromatic carbocycles. The van der Waals surface area contributed by atoms with Crippen LogP contribution in [-0.2, 0) is 17.6 Å². The molecule has 5 rings (SSSR count). The number of benzene rings is 2. The quantitative estimate of drug-likeness (QED) is 0.484. The van der Waals surface area contributed by atoms with Crippen LogP contribution in [0.2, 0.25) is 0 Å². The molecule has 2 aromatic rings. The Kier molecular flexibility index (Phi) is 7.76. The molecule has 5 heteroatoms. The zero-order chi connectivity index (χ0) is 25.1. The maximum Gasteiger partial charge on any atom is 0.252 e. The largest absolute Gasteiger partial charge is 0.346 e. The van der Waals surface area contributed by atoms with E-state index in [-0.39, 0.29) is 35.9 Å². The van der Waals surface area contributed by atoms with Gasteiger partial charge in [0.15, 0.2) is 0 Å². The van der Waals surface area contributed by atoms with Crippen molar-refractivity contribution in [3.05, 3.63) is 70.3 Å². The lowest BCUT2D eigenvalue weighted by Crippen LogP contribution is -2.58. The Morgan fingerprint density at radius 2 is 2.00 bits per heavy atom. The molecule has 0 unspecified atom stereocenters. The summed E-state index contributed by atoms with van der Waals surface area (Å²) in [4.78, 5) is 29.4. The van der Waals surface area contributed by atoms with E-state index in [1.54, 1.807) is 0 Å². The lowest BCUT2D eigenvalue weighted by atomic mass is 9.75. The zero-order valence-corrected chi connectivity index (χ0v) is 21.9. The number of amides is 2. The van der Waals surface area contributed by atoms with Crippen LogP contribution >= 0.6 is 0 Å². The zero-order valence-electron chi connectivity index (χ0n) is 21.9. The standard InChI is InChI=1S/C31H41N3O2/c1-3-4-5-7-11-22-18-24-15-17-34-28(20-27-25(31(34)36)14-10-16-32-27)29(24)26(19-22)30(35)33-21(2)23-12-8-6-9-13-23/h6,8-9,12-13,18-19,21,25,27-28,32H,3-5,7,10-11,14-17,20H2,1-2H3,(H,33,35)/t21-,25+,27+,28+/m1/s1. The van der Waals surface area contributed by atoms with Gasteiger partial charge in [-0.3, -0.25) is 9.59 Å². The van der Waals surface area contributed by atoms with E-state index in [0.29, 0.717) is 0 Å². The minimum absolute atomic E-state index is 0.0185. The molecule has 3 aliphatic rings. The maximum absolute atomic E-state index is 13.8. The third-order valence-corrected chi connectivity index (χ3v) is 8.53. The van der Waals surface area contributed by atoms with Crippen LogP contribution in [0.1, 0.15) is 103 Å². The van der Waals surface area contributed by atoms with Crippen LogP contribution in [-0.4, -0.2) is 35.8 Å². The fourth-order valence-corrected chi connectivity index (χ4v) is 6.58. The van der Waals surface area contributed by atoms with Crippen LogP contribution in [0.4, 0.5) is 0 Å². The van der Waals surface area contributed by atoms with Crippen molar-refractivity contribution in [2.45, 2.75) is 89.8 Å². The molecule has 2 fully saturated rings. The lowest BCUT2D eigenvalue weighted by Gasteiger charge is -2.49. The number of hydrogen-bond acceptors (Lipinski definition) is 3. The Balaban J connectivity index is 1.47. The van der Waals surface area contributed by atoms with E-state index in [4.69, 9.17) is 0 Å². The molecule has 0 saturated carbocycles. The Labute approximate surface area is 216 Å². The van der Waals surface area contributed by atoms with Gasteiger partial charge in [-0.2, -0.15) is 0 Å². The molecular weight excluding hydrogens is 446 g/mol. The SMILES string of the molecule is CCCCCCc1cc2c(c(C(=O)N[C@H](C)c3ccccc3)c1)[C@@H]1C[C@@H]3NCCC[C@@H]3C(=O)N1CC2. The van der Waals surface area contributed by atoms with Crippen molar-refractivity contribution in [2.24, 2.45) is 5.92 Å². The number of piperidine rings is 2. The second-order valence-corrected chi connectivity index (χ2v) is 11.0. The topological polar surface area (TPSA) is 61.4 Å². The molecule has 2 amide bonds. The van der Waals surface area contributed by atoms with E-state index in [9.17, 15) is 9.59 Å². The molecule has 192 valence electrons. The van der Waals surface area contributed by atoms with Crippen molar-refractivity contribution in [2.75, 3.05) is 13.1 Å². The first kappa shape index (κ1) is 25.0. The minimum Gasteiger partial charge on any atom is -0.346 e. The second kappa shape index (κ2) is 11.2. The van der Waals surface area contributed by atoms with Crippen LogP contribution in [0.15, 0.2) is 42.5 Å². The van der Waals surface area contributed by atoms with Crippen LogP contribution in [0.3, 0.4) is 0 Å². The van der Waals surface area contributed by atoms with Gasteiger partial charge >= 0.3 is 0 Å². The fourth-order valence-electron chi connectivity index (χ4n) is 6.58. The minimum atomic E-state index is -0.0837. The van der Waals surface area contributed by atoms with Crippen molar-refractivity contribution in [1.29, 1.82) is 0 Å². The number of hydrogen-bond donors (Lipinski definition) is 2. The van der Waals surface area contributed by atoms with E-state index < -0.39 is 0 Å². The fraction of sp³-hybridized carbons (Fsp3) is 0.548. The van der Waals surface area contributed by atoms with Gasteiger partial charge in [0.05, 0.1) is 18.0 Å². The third-order valence-electron chi connectivity index (χ3n) is 8.53. The summed E-state index contributed by atoms with van der Waals surface area (Å²) in [5, 5.41) is 6.89. The van der Waals surface area contributed by atoms with Gasteiger partial charge in [-0.15, -0.1) is 0 Å². The van der Waals surface area contributed by atoms with E-state index in [1.165, 1.54) is 30.4 Å². The van der Waals surface area contributed by atoms with Gasteiger partial charge in [-0.25, -0.2) is 0 Å². The normalized spacial score (nSPS) is 23.9. The van der Waals surface area contributed by atoms with Crippen molar-refractivity contribution in [3.8, 4) is 0 Å². The van der Waals surface area contributed by atoms with Crippen LogP contribution in [0.5, 0.6) is 0 Å². The summed E-state index contributed by atoms with van der Waals surface area (Å²) in [7, 11) is 0. The van der Waals surface area contributed by atoms with Gasteiger partial charge in [-0.1, -0.05) is 62.6 Å². The number of nitrogens with zero attached hydrogens (tertiary/aromatic N) is 1. The number of carbonyl (C=O) groups is 2. The summed E-state index contributed by atoms with van der Waals surface area (Å²) in [6.07, 6.45) is 9.61. The highest BCUT2D eigenvalue weighted by atomic mass is 16.2. The average Bonchev–Trinajstić information content (AvgIpc) is 2.91. The number of carbonyl (C=O) groups excluding carboxylic acids is 2. The van der Waals surface area contributed by atoms with Gasteiger partial charge in [-0.05, 0) is 80.3 Å². The average molecular weight is 488 g/mol. The highest BCUT2D eigenvalue weighted by molar-refractivity contribution is 5.97. The summed E-state index contributed by atoms with van der Waals surface area (Å²) in [5.41, 5.74) is 5.49. The molecule has 2 N–H and O–H groups in total. The first-order chi connectivity index (χ1) is 17.6. The predicted molar refractivity (Wildman–Crippen MR) is 144 cm³/mol. The van der Waals surface area contributed by atoms with Crippen molar-refractivity contribution < 1.29 is 9.59 Å². The van der Waals surface area contributed by atoms with Gasteiger partial charge in [0.25, 0.3) is 5.91 Å². The molecule has 5 nitrogen and oxygen atoms in total. The molecule has 0 bridgehead atoms. The number of unbranched alkanes of at least 4 members (excludes halogenated alkanes) is 3. The third kappa shape index (κ3) is 5.08. The van der Waals surface area contributed by atoms with Gasteiger partial charge in [0.1, 0.15) is 0 Å². The molecule has 0 aliphatic carbocycles. The molecule has 3 heterocycles. The van der Waals surface area contributed by atoms with E-state index in [1.807, 2.05) is 25.1 Å². The first-order valence-corrected chi connectivity index (χ1v) is 14.1. The molecule has 4 atom stereocenters. The molecular formula is C31H41N3O2. The summed E-state index contributed by atoms with van der Waals surface area (Å²) in [6.45, 7) is 6.02. The van der Waals surface area contributed by atoms with Crippen LogP contribution in [0, 0.1) is 5.92 Å². The monoisotopic (exact) mass is 487 g/mol. The molecule has 2 saturated heterocycles. The van der Waals surface area contributed by atoms with Crippen molar-refractivity contribution in [1.82, 2.24) is 15.5 Å². The Morgan fingerprint density at radius 1 is 1.17 bits per heavy atom. The molecule has 0 radical (unpaired) electrons. The van der Waals surface area contributed by atoms with Crippen LogP contribution in [0.25, 0.3) is 0 Å². The Hall–Kier alpha value is -2.66. The first-order valence-electron chi connectivity index (χ1n) is 14.1. The number of aryl methyl sites for hydroxylation is 1. The highest BCUT2D eigenvalue weighted by Crippen LogP contribution is 2.43. The summed E-state index contributed by atoms with van der Waals surface area (Å²) < 4.78 is 0. The highest BCUT2D eigenvalue weighted by Gasteiger charge is 2.46. The number of nitrogens with one attached hydrogen (secondary N) is 2. The second-order valence-electron chi connectivity index (χ2n) is 11.0. The van der Waals surface area contributed by atoms with Crippen molar-refractivity contribution >= 4 is 11.8 Å². The number of fused-ring (bicyclic) bond motifs is 4. The smallest absolute Gasteiger partial charge is 0.252 e. The van der Waals surface area contributed by atoms with Gasteiger partial charge < -0.3 is 15.5 Å². The van der Waals surface area contributed by atoms with E-state index >= 15 is 0 Å². The number of rotatable bonds is 8. The molecule has 0 spiro atoms. The molecule has 36 heavy (non-hydrogen) atoms. The Bertz CT molecular complexity index is 1080. The predicted octanol–water partition coefficient (Wildman–Crippen LogP) is 5.50. The maximum atomic E-state index is 13.8. The molecule has 3 aliphatic heterocycles. The van der Waals surface area contributed by atoms with Gasteiger partial charge in [0.2, 0.25) is 5.91 Å². The van der Waals surface area contributed by atoms with Crippen LogP contribution < -0.4 is 10.6 Å². The van der Waals surface area contributed by atoms with Gasteiger partial charge in [0, 0.05) is 18.2 Å². The summed E-state index contributed by atoms with van der Waals surface area (Å²) in [6, 6.07) is 14.7. The Morgan fingerprint density at radius 3 is 2.81 bits per heavy atom. The summed E-state index contributed by atoms with van der Waals surface area (Å²) in [5.74, 6) is 0.345. The van der Waals surface area contributed by atoms with Crippen molar-refractivity contribution in [3.63, 3.8) is 0 Å². The van der Waals surface area contributed by atoms with E-state index in [2.05, 4.69) is 46.7 Å². The van der Waals surface area contributed by atoms with E-state index in [0.717, 1.165) is 68.3 Å². The summed E-state index contributed by atoms with van der Waals surface area (Å²) >= 11 is 0.